The number of nitrogens with zero attached hydrogens (tertiary/aromatic N) is 4. The van der Waals surface area contributed by atoms with E-state index >= 15 is 0 Å². The summed E-state index contributed by atoms with van der Waals surface area (Å²) in [5.41, 5.74) is 3.46. The number of fused-ring (bicyclic) bond motifs is 1. The smallest absolute Gasteiger partial charge is 0.193 e. The molecule has 0 spiro atoms. The van der Waals surface area contributed by atoms with Crippen LogP contribution in [0.3, 0.4) is 0 Å². The Morgan fingerprint density at radius 2 is 1.94 bits per heavy atom. The Hall–Kier alpha value is -2.13. The molecule has 0 saturated carbocycles. The van der Waals surface area contributed by atoms with Gasteiger partial charge in [-0.25, -0.2) is 4.98 Å². The quantitative estimate of drug-likeness (QED) is 0.257. The van der Waals surface area contributed by atoms with Crippen LogP contribution in [0, 0.1) is 12.8 Å². The molecule has 0 aliphatic carbocycles. The third kappa shape index (κ3) is 6.22. The molecule has 1 fully saturated rings. The van der Waals surface area contributed by atoms with E-state index in [1.165, 1.54) is 11.1 Å². The summed E-state index contributed by atoms with van der Waals surface area (Å²) in [6.07, 6.45) is 1.14. The van der Waals surface area contributed by atoms with Crippen LogP contribution in [0.5, 0.6) is 0 Å². The van der Waals surface area contributed by atoms with Gasteiger partial charge in [0.2, 0.25) is 0 Å². The van der Waals surface area contributed by atoms with E-state index in [-0.39, 0.29) is 24.0 Å². The molecule has 0 radical (unpaired) electrons. The lowest BCUT2D eigenvalue weighted by Gasteiger charge is -2.22. The third-order valence-corrected chi connectivity index (χ3v) is 5.82. The minimum atomic E-state index is 0. The van der Waals surface area contributed by atoms with Crippen LogP contribution >= 0.6 is 24.0 Å². The number of hydrogen-bond donors (Lipinski definition) is 1. The van der Waals surface area contributed by atoms with Gasteiger partial charge in [-0.1, -0.05) is 42.5 Å². The normalized spacial score (nSPS) is 16.4. The van der Waals surface area contributed by atoms with Crippen molar-refractivity contribution >= 4 is 41.0 Å². The number of benzene rings is 2. The molecule has 0 amide bonds. The van der Waals surface area contributed by atoms with Gasteiger partial charge in [-0.05, 0) is 38.0 Å². The molecule has 4 rings (SSSR count). The van der Waals surface area contributed by atoms with Gasteiger partial charge in [-0.2, -0.15) is 0 Å². The molecular formula is C25H34IN5O. The largest absolute Gasteiger partial charge is 0.376 e. The van der Waals surface area contributed by atoms with Crippen LogP contribution in [0.1, 0.15) is 24.7 Å². The second kappa shape index (κ2) is 12.2. The Morgan fingerprint density at radius 3 is 2.75 bits per heavy atom. The van der Waals surface area contributed by atoms with Crippen LogP contribution in [-0.4, -0.2) is 53.2 Å². The highest BCUT2D eigenvalue weighted by atomic mass is 127. The summed E-state index contributed by atoms with van der Waals surface area (Å²) in [5.74, 6) is 2.60. The van der Waals surface area contributed by atoms with Crippen molar-refractivity contribution in [3.8, 4) is 0 Å². The predicted octanol–water partition coefficient (Wildman–Crippen LogP) is 4.47. The van der Waals surface area contributed by atoms with Crippen LogP contribution in [-0.2, 0) is 17.9 Å². The number of nitrogens with one attached hydrogen (secondary N) is 1. The zero-order valence-electron chi connectivity index (χ0n) is 19.0. The Kier molecular flexibility index (Phi) is 9.35. The molecular weight excluding hydrogens is 513 g/mol. The standard InChI is InChI=1S/C25H33N5O.HI/c1-3-26-25(27-14-16-30-20(2)28-23-11-7-8-12-24(23)30)29-15-13-22(17-29)19-31-18-21-9-5-4-6-10-21;/h4-12,22H,3,13-19H2,1-2H3,(H,26,27);1H. The lowest BCUT2D eigenvalue weighted by atomic mass is 10.1. The first-order chi connectivity index (χ1) is 15.2. The summed E-state index contributed by atoms with van der Waals surface area (Å²) in [7, 11) is 0. The molecule has 1 saturated heterocycles. The topological polar surface area (TPSA) is 54.7 Å². The number of aliphatic imine (C=N–C) groups is 1. The summed E-state index contributed by atoms with van der Waals surface area (Å²) >= 11 is 0. The van der Waals surface area contributed by atoms with E-state index in [2.05, 4.69) is 76.1 Å². The number of hydrogen-bond acceptors (Lipinski definition) is 3. The first-order valence-corrected chi connectivity index (χ1v) is 11.3. The lowest BCUT2D eigenvalue weighted by Crippen LogP contribution is -2.40. The molecule has 1 N–H and O–H groups in total. The van der Waals surface area contributed by atoms with Crippen molar-refractivity contribution in [2.24, 2.45) is 10.9 Å². The minimum absolute atomic E-state index is 0. The fourth-order valence-corrected chi connectivity index (χ4v) is 4.24. The minimum Gasteiger partial charge on any atom is -0.376 e. The van der Waals surface area contributed by atoms with Gasteiger partial charge < -0.3 is 19.5 Å². The van der Waals surface area contributed by atoms with E-state index in [1.54, 1.807) is 0 Å². The molecule has 1 aromatic heterocycles. The number of guanidine groups is 1. The van der Waals surface area contributed by atoms with Crippen LogP contribution in [0.25, 0.3) is 11.0 Å². The third-order valence-electron chi connectivity index (χ3n) is 5.82. The Bertz CT molecular complexity index is 1000. The van der Waals surface area contributed by atoms with Crippen molar-refractivity contribution in [3.63, 3.8) is 0 Å². The highest BCUT2D eigenvalue weighted by molar-refractivity contribution is 14.0. The number of ether oxygens (including phenoxy) is 1. The second-order valence-corrected chi connectivity index (χ2v) is 8.14. The highest BCUT2D eigenvalue weighted by Crippen LogP contribution is 2.18. The van der Waals surface area contributed by atoms with Crippen LogP contribution in [0.2, 0.25) is 0 Å². The molecule has 6 nitrogen and oxygen atoms in total. The Balaban J connectivity index is 0.00000289. The summed E-state index contributed by atoms with van der Waals surface area (Å²) in [4.78, 5) is 12.0. The first-order valence-electron chi connectivity index (χ1n) is 11.3. The van der Waals surface area contributed by atoms with Crippen LogP contribution in [0.15, 0.2) is 59.6 Å². The van der Waals surface area contributed by atoms with Crippen molar-refractivity contribution < 1.29 is 4.74 Å². The maximum atomic E-state index is 5.98. The lowest BCUT2D eigenvalue weighted by molar-refractivity contribution is 0.0907. The van der Waals surface area contributed by atoms with Crippen LogP contribution in [0.4, 0.5) is 0 Å². The van der Waals surface area contributed by atoms with Crippen molar-refractivity contribution in [3.05, 3.63) is 66.0 Å². The fraction of sp³-hybridized carbons (Fsp3) is 0.440. The number of aromatic nitrogens is 2. The van der Waals surface area contributed by atoms with Gasteiger partial charge in [-0.15, -0.1) is 24.0 Å². The molecule has 3 aromatic rings. The summed E-state index contributed by atoms with van der Waals surface area (Å²) < 4.78 is 8.24. The number of likely N-dealkylation sites (tertiary alicyclic amines) is 1. The monoisotopic (exact) mass is 547 g/mol. The number of rotatable bonds is 8. The molecule has 0 bridgehead atoms. The van der Waals surface area contributed by atoms with Gasteiger partial charge in [0.1, 0.15) is 5.82 Å². The van der Waals surface area contributed by atoms with E-state index in [9.17, 15) is 0 Å². The molecule has 7 heteroatoms. The molecule has 172 valence electrons. The molecule has 1 aliphatic heterocycles. The number of para-hydroxylation sites is 2. The van der Waals surface area contributed by atoms with Crippen LogP contribution < -0.4 is 5.32 Å². The zero-order valence-corrected chi connectivity index (χ0v) is 21.4. The SMILES string of the molecule is CCNC(=NCCn1c(C)nc2ccccc21)N1CCC(COCc2ccccc2)C1.I. The molecule has 1 atom stereocenters. The average molecular weight is 547 g/mol. The summed E-state index contributed by atoms with van der Waals surface area (Å²) in [5, 5.41) is 3.47. The Morgan fingerprint density at radius 1 is 1.16 bits per heavy atom. The molecule has 2 heterocycles. The maximum Gasteiger partial charge on any atom is 0.193 e. The molecule has 2 aromatic carbocycles. The molecule has 32 heavy (non-hydrogen) atoms. The highest BCUT2D eigenvalue weighted by Gasteiger charge is 2.25. The van der Waals surface area contributed by atoms with E-state index in [0.717, 1.165) is 63.1 Å². The zero-order chi connectivity index (χ0) is 21.5. The van der Waals surface area contributed by atoms with Crippen molar-refractivity contribution in [2.75, 3.05) is 32.8 Å². The van der Waals surface area contributed by atoms with Crippen molar-refractivity contribution in [1.29, 1.82) is 0 Å². The fourth-order valence-electron chi connectivity index (χ4n) is 4.24. The molecule has 1 aliphatic rings. The van der Waals surface area contributed by atoms with Gasteiger partial charge in [0.15, 0.2) is 5.96 Å². The van der Waals surface area contributed by atoms with Gasteiger partial charge in [0, 0.05) is 32.1 Å². The van der Waals surface area contributed by atoms with E-state index < -0.39 is 0 Å². The van der Waals surface area contributed by atoms with E-state index in [4.69, 9.17) is 9.73 Å². The Labute approximate surface area is 208 Å². The van der Waals surface area contributed by atoms with Gasteiger partial charge >= 0.3 is 0 Å². The van der Waals surface area contributed by atoms with E-state index in [0.29, 0.717) is 12.5 Å². The summed E-state index contributed by atoms with van der Waals surface area (Å²) in [6, 6.07) is 18.7. The second-order valence-electron chi connectivity index (χ2n) is 8.14. The number of aryl methyl sites for hydroxylation is 1. The first kappa shape index (κ1) is 24.5. The van der Waals surface area contributed by atoms with Gasteiger partial charge in [-0.3, -0.25) is 4.99 Å². The van der Waals surface area contributed by atoms with E-state index in [1.807, 2.05) is 12.1 Å². The predicted molar refractivity (Wildman–Crippen MR) is 142 cm³/mol. The number of halogens is 1. The van der Waals surface area contributed by atoms with Crippen molar-refractivity contribution in [1.82, 2.24) is 19.8 Å². The van der Waals surface area contributed by atoms with Gasteiger partial charge in [0.25, 0.3) is 0 Å². The maximum absolute atomic E-state index is 5.98. The van der Waals surface area contributed by atoms with Gasteiger partial charge in [0.05, 0.1) is 30.8 Å². The number of imidazole rings is 1. The van der Waals surface area contributed by atoms with Crippen molar-refractivity contribution in [2.45, 2.75) is 33.4 Å². The summed E-state index contributed by atoms with van der Waals surface area (Å²) in [6.45, 7) is 10.1. The molecule has 1 unspecified atom stereocenters. The average Bonchev–Trinajstić information content (AvgIpc) is 3.38.